The predicted octanol–water partition coefficient (Wildman–Crippen LogP) is 0.995. The molecule has 118 valence electrons. The Bertz CT molecular complexity index is 576. The van der Waals surface area contributed by atoms with Crippen LogP contribution in [0.1, 0.15) is 0 Å². The maximum atomic E-state index is 5.49. The average Bonchev–Trinajstić information content (AvgIpc) is 2.59. The van der Waals surface area contributed by atoms with Crippen molar-refractivity contribution in [3.8, 4) is 23.0 Å². The van der Waals surface area contributed by atoms with Gasteiger partial charge in [-0.25, -0.2) is 0 Å². The molecule has 0 aromatic heterocycles. The Labute approximate surface area is 147 Å². The fourth-order valence-corrected chi connectivity index (χ4v) is 13.0. The van der Waals surface area contributed by atoms with E-state index in [1.165, 1.54) is 7.22 Å². The molecule has 0 saturated heterocycles. The normalized spacial score (nSPS) is 10.2. The van der Waals surface area contributed by atoms with Gasteiger partial charge in [0.25, 0.3) is 0 Å². The molecule has 4 nitrogen and oxygen atoms in total. The molecule has 2 aromatic rings. The van der Waals surface area contributed by atoms with E-state index in [0.717, 1.165) is 23.0 Å². The van der Waals surface area contributed by atoms with Crippen LogP contribution >= 0.6 is 0 Å². The summed E-state index contributed by atoms with van der Waals surface area (Å²) in [4.78, 5) is 0. The molecule has 0 heterocycles. The SMILES string of the molecule is COc1ccc([Te][Te]c2ccc(OC)cc2OC)c(OC)c1. The summed E-state index contributed by atoms with van der Waals surface area (Å²) < 4.78 is 24.1. The quantitative estimate of drug-likeness (QED) is 0.502. The summed E-state index contributed by atoms with van der Waals surface area (Å²) in [6.45, 7) is 0. The van der Waals surface area contributed by atoms with E-state index in [-0.39, 0.29) is 34.1 Å². The Morgan fingerprint density at radius 2 is 1.00 bits per heavy atom. The second-order valence-corrected chi connectivity index (χ2v) is 14.0. The summed E-state index contributed by atoms with van der Waals surface area (Å²) in [6, 6.07) is 12.2. The van der Waals surface area contributed by atoms with Crippen molar-refractivity contribution in [1.29, 1.82) is 0 Å². The van der Waals surface area contributed by atoms with Crippen LogP contribution in [0, 0.1) is 0 Å². The van der Waals surface area contributed by atoms with E-state index in [4.69, 9.17) is 18.9 Å². The summed E-state index contributed by atoms with van der Waals surface area (Å²) in [7, 11) is 6.75. The monoisotopic (exact) mass is 534 g/mol. The van der Waals surface area contributed by atoms with Gasteiger partial charge in [0, 0.05) is 0 Å². The van der Waals surface area contributed by atoms with Gasteiger partial charge in [0.15, 0.2) is 0 Å². The Morgan fingerprint density at radius 1 is 0.591 bits per heavy atom. The van der Waals surface area contributed by atoms with Gasteiger partial charge in [0.05, 0.1) is 0 Å². The minimum atomic E-state index is -0.306. The molecule has 0 aliphatic rings. The van der Waals surface area contributed by atoms with Crippen LogP contribution in [0.2, 0.25) is 0 Å². The van der Waals surface area contributed by atoms with Crippen LogP contribution in [0.25, 0.3) is 0 Å². The Hall–Kier alpha value is -0.781. The van der Waals surface area contributed by atoms with E-state index < -0.39 is 0 Å². The van der Waals surface area contributed by atoms with Crippen LogP contribution in [-0.4, -0.2) is 62.6 Å². The van der Waals surface area contributed by atoms with Crippen molar-refractivity contribution in [2.75, 3.05) is 28.4 Å². The molecular weight excluding hydrogens is 511 g/mol. The van der Waals surface area contributed by atoms with Crippen LogP contribution in [0.4, 0.5) is 0 Å². The molecule has 0 radical (unpaired) electrons. The van der Waals surface area contributed by atoms with Gasteiger partial charge in [0.2, 0.25) is 0 Å². The molecular formula is C16H18O4Te2. The average molecular weight is 530 g/mol. The Morgan fingerprint density at radius 3 is 1.32 bits per heavy atom. The van der Waals surface area contributed by atoms with Crippen LogP contribution in [0.15, 0.2) is 36.4 Å². The molecule has 0 unspecified atom stereocenters. The summed E-state index contributed by atoms with van der Waals surface area (Å²) in [5.74, 6) is 3.52. The van der Waals surface area contributed by atoms with E-state index in [1.807, 2.05) is 24.3 Å². The van der Waals surface area contributed by atoms with Crippen LogP contribution in [0.3, 0.4) is 0 Å². The third kappa shape index (κ3) is 4.37. The van der Waals surface area contributed by atoms with Gasteiger partial charge in [-0.2, -0.15) is 0 Å². The van der Waals surface area contributed by atoms with E-state index in [1.54, 1.807) is 28.4 Å². The number of benzene rings is 2. The summed E-state index contributed by atoms with van der Waals surface area (Å²) in [5.41, 5.74) is 0. The van der Waals surface area contributed by atoms with Gasteiger partial charge in [-0.15, -0.1) is 0 Å². The zero-order valence-electron chi connectivity index (χ0n) is 12.9. The van der Waals surface area contributed by atoms with Gasteiger partial charge < -0.3 is 0 Å². The van der Waals surface area contributed by atoms with Gasteiger partial charge >= 0.3 is 148 Å². The predicted molar refractivity (Wildman–Crippen MR) is 89.9 cm³/mol. The Balaban J connectivity index is 2.16. The zero-order valence-corrected chi connectivity index (χ0v) is 17.6. The molecule has 6 heteroatoms. The fraction of sp³-hybridized carbons (Fsp3) is 0.250. The van der Waals surface area contributed by atoms with Crippen molar-refractivity contribution in [2.24, 2.45) is 0 Å². The van der Waals surface area contributed by atoms with Gasteiger partial charge in [-0.05, 0) is 0 Å². The summed E-state index contributed by atoms with van der Waals surface area (Å²) >= 11 is -0.611. The van der Waals surface area contributed by atoms with E-state index in [0.29, 0.717) is 0 Å². The first kappa shape index (κ1) is 17.6. The number of rotatable bonds is 7. The standard InChI is InChI=1S/C16H18O4Te2/c1-17-11-5-7-15(13(9-11)19-3)21-22-16-8-6-12(18-2)10-14(16)20-4/h5-10H,1-4H3. The second kappa shape index (κ2) is 8.75. The molecule has 0 amide bonds. The van der Waals surface area contributed by atoms with Crippen molar-refractivity contribution >= 4 is 41.3 Å². The molecule has 0 fully saturated rings. The first-order chi connectivity index (χ1) is 10.7. The third-order valence-corrected chi connectivity index (χ3v) is 14.6. The summed E-state index contributed by atoms with van der Waals surface area (Å²) in [5, 5.41) is 0. The van der Waals surface area contributed by atoms with Gasteiger partial charge in [-0.1, -0.05) is 0 Å². The van der Waals surface area contributed by atoms with Crippen LogP contribution in [-0.2, 0) is 0 Å². The maximum absolute atomic E-state index is 5.49. The van der Waals surface area contributed by atoms with E-state index in [9.17, 15) is 0 Å². The molecule has 22 heavy (non-hydrogen) atoms. The third-order valence-electron chi connectivity index (χ3n) is 2.96. The molecule has 2 rings (SSSR count). The van der Waals surface area contributed by atoms with Crippen LogP contribution < -0.4 is 26.2 Å². The topological polar surface area (TPSA) is 36.9 Å². The van der Waals surface area contributed by atoms with Crippen molar-refractivity contribution in [2.45, 2.75) is 0 Å². The number of hydrogen-bond donors (Lipinski definition) is 0. The molecule has 0 saturated carbocycles. The first-order valence-electron chi connectivity index (χ1n) is 6.50. The molecule has 2 aromatic carbocycles. The molecule has 0 spiro atoms. The molecule has 0 N–H and O–H groups in total. The number of methoxy groups -OCH3 is 4. The number of hydrogen-bond acceptors (Lipinski definition) is 4. The second-order valence-electron chi connectivity index (χ2n) is 4.20. The van der Waals surface area contributed by atoms with Gasteiger partial charge in [0.1, 0.15) is 0 Å². The Kier molecular flexibility index (Phi) is 6.99. The molecule has 0 aliphatic carbocycles. The first-order valence-corrected chi connectivity index (χ1v) is 16.2. The summed E-state index contributed by atoms with van der Waals surface area (Å²) in [6.07, 6.45) is 0. The fourth-order valence-electron chi connectivity index (χ4n) is 1.78. The molecule has 0 aliphatic heterocycles. The van der Waals surface area contributed by atoms with Crippen LogP contribution in [0.5, 0.6) is 23.0 Å². The van der Waals surface area contributed by atoms with E-state index in [2.05, 4.69) is 12.1 Å². The van der Waals surface area contributed by atoms with Crippen molar-refractivity contribution in [1.82, 2.24) is 0 Å². The van der Waals surface area contributed by atoms with Crippen molar-refractivity contribution in [3.63, 3.8) is 0 Å². The minimum absolute atomic E-state index is 0.306. The van der Waals surface area contributed by atoms with Gasteiger partial charge in [-0.3, -0.25) is 0 Å². The van der Waals surface area contributed by atoms with E-state index >= 15 is 0 Å². The number of ether oxygens (including phenoxy) is 4. The molecule has 0 bridgehead atoms. The van der Waals surface area contributed by atoms with Crippen molar-refractivity contribution < 1.29 is 18.9 Å². The van der Waals surface area contributed by atoms with Crippen molar-refractivity contribution in [3.05, 3.63) is 36.4 Å². The zero-order chi connectivity index (χ0) is 15.9. The molecule has 0 atom stereocenters.